The van der Waals surface area contributed by atoms with Crippen LogP contribution in [-0.2, 0) is 14.6 Å². The summed E-state index contributed by atoms with van der Waals surface area (Å²) in [6, 6.07) is 0.547. The van der Waals surface area contributed by atoms with E-state index in [0.29, 0.717) is 31.3 Å². The molecule has 0 aromatic rings. The van der Waals surface area contributed by atoms with Gasteiger partial charge in [0.05, 0.1) is 5.75 Å². The average molecular weight is 288 g/mol. The Balaban J connectivity index is 1.81. The first-order chi connectivity index (χ1) is 8.99. The van der Waals surface area contributed by atoms with Crippen LogP contribution in [0.4, 0.5) is 0 Å². The minimum atomic E-state index is -3.21. The van der Waals surface area contributed by atoms with Crippen molar-refractivity contribution in [2.24, 2.45) is 5.92 Å². The molecular weight excluding hydrogens is 264 g/mol. The van der Waals surface area contributed by atoms with Gasteiger partial charge in [-0.25, -0.2) is 8.42 Å². The van der Waals surface area contributed by atoms with Crippen LogP contribution >= 0.6 is 0 Å². The van der Waals surface area contributed by atoms with Gasteiger partial charge in [0.15, 0.2) is 9.84 Å². The average Bonchev–Trinajstić information content (AvgIpc) is 2.37. The van der Waals surface area contributed by atoms with Gasteiger partial charge in [0.1, 0.15) is 5.25 Å². The molecule has 0 aromatic carbocycles. The van der Waals surface area contributed by atoms with Crippen molar-refractivity contribution in [3.8, 4) is 0 Å². The Kier molecular flexibility index (Phi) is 4.84. The third-order valence-electron chi connectivity index (χ3n) is 4.20. The minimum absolute atomic E-state index is 0.160. The number of piperidine rings is 1. The highest BCUT2D eigenvalue weighted by Crippen LogP contribution is 2.20. The predicted octanol–water partition coefficient (Wildman–Crippen LogP) is 0.458. The molecule has 5 nitrogen and oxygen atoms in total. The number of hydrogen-bond acceptors (Lipinski definition) is 4. The van der Waals surface area contributed by atoms with Gasteiger partial charge in [0.2, 0.25) is 5.91 Å². The number of sulfone groups is 1. The van der Waals surface area contributed by atoms with Gasteiger partial charge in [-0.05, 0) is 45.1 Å². The molecule has 2 heterocycles. The van der Waals surface area contributed by atoms with E-state index < -0.39 is 15.1 Å². The van der Waals surface area contributed by atoms with E-state index in [-0.39, 0.29) is 11.7 Å². The van der Waals surface area contributed by atoms with Crippen LogP contribution in [0.1, 0.15) is 39.0 Å². The van der Waals surface area contributed by atoms with Crippen LogP contribution in [-0.4, -0.2) is 44.5 Å². The normalized spacial score (nSPS) is 34.7. The highest BCUT2D eigenvalue weighted by atomic mass is 32.2. The van der Waals surface area contributed by atoms with Gasteiger partial charge >= 0.3 is 0 Å². The predicted molar refractivity (Wildman–Crippen MR) is 74.6 cm³/mol. The summed E-state index contributed by atoms with van der Waals surface area (Å²) < 4.78 is 23.7. The molecule has 2 fully saturated rings. The Morgan fingerprint density at radius 1 is 1.26 bits per heavy atom. The number of rotatable bonds is 3. The second-order valence-electron chi connectivity index (χ2n) is 5.85. The van der Waals surface area contributed by atoms with Gasteiger partial charge in [-0.3, -0.25) is 4.79 Å². The van der Waals surface area contributed by atoms with Gasteiger partial charge in [0.25, 0.3) is 0 Å². The molecule has 0 saturated carbocycles. The fraction of sp³-hybridized carbons (Fsp3) is 0.923. The molecule has 0 aliphatic carbocycles. The van der Waals surface area contributed by atoms with Crippen LogP contribution in [0.3, 0.4) is 0 Å². The van der Waals surface area contributed by atoms with Crippen LogP contribution in [0, 0.1) is 5.92 Å². The Bertz CT molecular complexity index is 414. The first kappa shape index (κ1) is 14.8. The summed E-state index contributed by atoms with van der Waals surface area (Å²) in [5, 5.41) is 5.41. The van der Waals surface area contributed by atoms with E-state index in [9.17, 15) is 13.2 Å². The molecule has 1 amide bonds. The lowest BCUT2D eigenvalue weighted by atomic mass is 9.95. The second-order valence-corrected chi connectivity index (χ2v) is 8.15. The molecule has 19 heavy (non-hydrogen) atoms. The standard InChI is InChI=1S/C13H24N2O3S/c1-10-5-6-11(8-14-10)9-15-13(16)12-4-2-3-7-19(12,17)18/h10-12,14H,2-9H2,1H3,(H,15,16). The molecule has 2 aliphatic heterocycles. The Morgan fingerprint density at radius 3 is 2.68 bits per heavy atom. The molecule has 2 saturated heterocycles. The fourth-order valence-corrected chi connectivity index (χ4v) is 4.67. The van der Waals surface area contributed by atoms with Gasteiger partial charge in [-0.15, -0.1) is 0 Å². The number of carbonyl (C=O) groups is 1. The zero-order valence-electron chi connectivity index (χ0n) is 11.5. The Morgan fingerprint density at radius 2 is 2.05 bits per heavy atom. The molecule has 2 N–H and O–H groups in total. The molecule has 0 radical (unpaired) electrons. The first-order valence-electron chi connectivity index (χ1n) is 7.21. The van der Waals surface area contributed by atoms with Crippen LogP contribution < -0.4 is 10.6 Å². The van der Waals surface area contributed by atoms with E-state index in [2.05, 4.69) is 17.6 Å². The van der Waals surface area contributed by atoms with Crippen molar-refractivity contribution in [2.75, 3.05) is 18.8 Å². The van der Waals surface area contributed by atoms with E-state index >= 15 is 0 Å². The molecule has 6 heteroatoms. The highest BCUT2D eigenvalue weighted by Gasteiger charge is 2.34. The molecular formula is C13H24N2O3S. The van der Waals surface area contributed by atoms with Crippen LogP contribution in [0.15, 0.2) is 0 Å². The monoisotopic (exact) mass is 288 g/mol. The molecule has 0 spiro atoms. The van der Waals surface area contributed by atoms with E-state index in [4.69, 9.17) is 0 Å². The van der Waals surface area contributed by atoms with Crippen molar-refractivity contribution in [3.63, 3.8) is 0 Å². The number of carbonyl (C=O) groups excluding carboxylic acids is 1. The summed E-state index contributed by atoms with van der Waals surface area (Å²) in [5.41, 5.74) is 0. The lowest BCUT2D eigenvalue weighted by Crippen LogP contribution is -2.47. The van der Waals surface area contributed by atoms with Gasteiger partial charge in [0, 0.05) is 12.6 Å². The maximum Gasteiger partial charge on any atom is 0.238 e. The lowest BCUT2D eigenvalue weighted by molar-refractivity contribution is -0.121. The zero-order chi connectivity index (χ0) is 13.9. The van der Waals surface area contributed by atoms with Crippen LogP contribution in [0.5, 0.6) is 0 Å². The highest BCUT2D eigenvalue weighted by molar-refractivity contribution is 7.92. The Hall–Kier alpha value is -0.620. The van der Waals surface area contributed by atoms with Gasteiger partial charge in [-0.1, -0.05) is 6.42 Å². The topological polar surface area (TPSA) is 75.3 Å². The van der Waals surface area contributed by atoms with Crippen molar-refractivity contribution < 1.29 is 13.2 Å². The van der Waals surface area contributed by atoms with Crippen LogP contribution in [0.25, 0.3) is 0 Å². The van der Waals surface area contributed by atoms with E-state index in [1.54, 1.807) is 0 Å². The summed E-state index contributed by atoms with van der Waals surface area (Å²) in [5.74, 6) is 0.290. The molecule has 2 rings (SSSR count). The largest absolute Gasteiger partial charge is 0.355 e. The molecule has 2 aliphatic rings. The second kappa shape index (κ2) is 6.22. The third kappa shape index (κ3) is 3.92. The van der Waals surface area contributed by atoms with Crippen molar-refractivity contribution in [1.29, 1.82) is 0 Å². The number of nitrogens with one attached hydrogen (secondary N) is 2. The molecule has 3 atom stereocenters. The molecule has 3 unspecified atom stereocenters. The number of amides is 1. The summed E-state index contributed by atoms with van der Waals surface area (Å²) in [4.78, 5) is 12.0. The summed E-state index contributed by atoms with van der Waals surface area (Å²) in [7, 11) is -3.21. The molecule has 110 valence electrons. The van der Waals surface area contributed by atoms with Crippen molar-refractivity contribution in [3.05, 3.63) is 0 Å². The first-order valence-corrected chi connectivity index (χ1v) is 8.93. The minimum Gasteiger partial charge on any atom is -0.355 e. The third-order valence-corrected chi connectivity index (χ3v) is 6.37. The van der Waals surface area contributed by atoms with E-state index in [1.807, 2.05) is 0 Å². The summed E-state index contributed by atoms with van der Waals surface area (Å²) in [6.45, 7) is 3.65. The smallest absolute Gasteiger partial charge is 0.238 e. The van der Waals surface area contributed by atoms with Crippen molar-refractivity contribution in [2.45, 2.75) is 50.3 Å². The quantitative estimate of drug-likeness (QED) is 0.791. The maximum atomic E-state index is 12.0. The maximum absolute atomic E-state index is 12.0. The number of hydrogen-bond donors (Lipinski definition) is 2. The fourth-order valence-electron chi connectivity index (χ4n) is 2.84. The summed E-state index contributed by atoms with van der Waals surface area (Å²) >= 11 is 0. The molecule has 0 bridgehead atoms. The van der Waals surface area contributed by atoms with Gasteiger partial charge in [-0.2, -0.15) is 0 Å². The lowest BCUT2D eigenvalue weighted by Gasteiger charge is -2.28. The van der Waals surface area contributed by atoms with Crippen LogP contribution in [0.2, 0.25) is 0 Å². The zero-order valence-corrected chi connectivity index (χ0v) is 12.3. The van der Waals surface area contributed by atoms with Gasteiger partial charge < -0.3 is 10.6 Å². The SMILES string of the molecule is CC1CCC(CNC(=O)C2CCCCS2(=O)=O)CN1. The summed E-state index contributed by atoms with van der Waals surface area (Å²) in [6.07, 6.45) is 4.21. The van der Waals surface area contributed by atoms with E-state index in [1.165, 1.54) is 0 Å². The Labute approximate surface area is 115 Å². The van der Waals surface area contributed by atoms with Crippen molar-refractivity contribution >= 4 is 15.7 Å². The van der Waals surface area contributed by atoms with Crippen molar-refractivity contribution in [1.82, 2.24) is 10.6 Å². The molecule has 0 aromatic heterocycles. The van der Waals surface area contributed by atoms with E-state index in [0.717, 1.165) is 25.8 Å².